The Balaban J connectivity index is 1.32. The molecule has 1 aliphatic rings. The van der Waals surface area contributed by atoms with Gasteiger partial charge in [0.1, 0.15) is 5.75 Å². The molecule has 2 aromatic heterocycles. The highest BCUT2D eigenvalue weighted by atomic mass is 16.5. The summed E-state index contributed by atoms with van der Waals surface area (Å²) in [5, 5.41) is 9.99. The zero-order valence-electron chi connectivity index (χ0n) is 15.2. The van der Waals surface area contributed by atoms with Gasteiger partial charge in [-0.15, -0.1) is 5.10 Å². The number of fused-ring (bicyclic) bond motifs is 3. The highest BCUT2D eigenvalue weighted by Gasteiger charge is 2.21. The highest BCUT2D eigenvalue weighted by molar-refractivity contribution is 5.84. The number of methoxy groups -OCH3 is 1. The molecule has 0 unspecified atom stereocenters. The van der Waals surface area contributed by atoms with E-state index in [1.165, 1.54) is 22.2 Å². The molecule has 0 radical (unpaired) electrons. The summed E-state index contributed by atoms with van der Waals surface area (Å²) < 4.78 is 7.02. The average molecular weight is 359 g/mol. The van der Waals surface area contributed by atoms with Crippen LogP contribution in [-0.2, 0) is 19.5 Å². The second kappa shape index (κ2) is 6.55. The van der Waals surface area contributed by atoms with Crippen LogP contribution in [0.2, 0.25) is 0 Å². The summed E-state index contributed by atoms with van der Waals surface area (Å²) in [5.74, 6) is 0.835. The Bertz CT molecular complexity index is 1080. The van der Waals surface area contributed by atoms with Crippen LogP contribution in [0.15, 0.2) is 54.7 Å². The molecule has 1 aliphatic heterocycles. The minimum atomic E-state index is 0.797. The van der Waals surface area contributed by atoms with E-state index in [0.29, 0.717) is 0 Å². The van der Waals surface area contributed by atoms with Crippen LogP contribution in [0.1, 0.15) is 17.0 Å². The molecule has 136 valence electrons. The van der Waals surface area contributed by atoms with E-state index in [-0.39, 0.29) is 0 Å². The first-order chi connectivity index (χ1) is 13.3. The maximum absolute atomic E-state index is 5.21. The molecule has 0 fully saturated rings. The number of rotatable bonds is 4. The first-order valence-corrected chi connectivity index (χ1v) is 9.16. The van der Waals surface area contributed by atoms with Gasteiger partial charge in [0.25, 0.3) is 0 Å². The molecule has 6 nitrogen and oxygen atoms in total. The van der Waals surface area contributed by atoms with E-state index in [9.17, 15) is 0 Å². The highest BCUT2D eigenvalue weighted by Crippen LogP contribution is 2.27. The summed E-state index contributed by atoms with van der Waals surface area (Å²) in [4.78, 5) is 6.00. The fraction of sp³-hybridized carbons (Fsp3) is 0.238. The molecule has 6 heteroatoms. The van der Waals surface area contributed by atoms with Crippen LogP contribution in [0.5, 0.6) is 5.75 Å². The average Bonchev–Trinajstić information content (AvgIpc) is 3.32. The van der Waals surface area contributed by atoms with Crippen molar-refractivity contribution in [2.75, 3.05) is 13.7 Å². The van der Waals surface area contributed by atoms with Gasteiger partial charge in [-0.05, 0) is 42.3 Å². The summed E-state index contributed by atoms with van der Waals surface area (Å²) in [5.41, 5.74) is 5.97. The number of para-hydroxylation sites is 1. The monoisotopic (exact) mass is 359 g/mol. The molecular weight excluding hydrogens is 338 g/mol. The smallest absolute Gasteiger partial charge is 0.119 e. The van der Waals surface area contributed by atoms with Crippen molar-refractivity contribution >= 4 is 10.9 Å². The normalized spacial score (nSPS) is 14.4. The van der Waals surface area contributed by atoms with Gasteiger partial charge in [-0.1, -0.05) is 23.4 Å². The van der Waals surface area contributed by atoms with Gasteiger partial charge in [0.2, 0.25) is 0 Å². The van der Waals surface area contributed by atoms with E-state index in [0.717, 1.165) is 43.2 Å². The number of aromatic nitrogens is 4. The summed E-state index contributed by atoms with van der Waals surface area (Å²) in [6, 6.07) is 16.4. The van der Waals surface area contributed by atoms with Crippen LogP contribution in [0.25, 0.3) is 16.6 Å². The van der Waals surface area contributed by atoms with Gasteiger partial charge in [0, 0.05) is 36.2 Å². The van der Waals surface area contributed by atoms with E-state index in [2.05, 4.69) is 44.5 Å². The molecule has 0 saturated carbocycles. The third-order valence-electron chi connectivity index (χ3n) is 5.23. The lowest BCUT2D eigenvalue weighted by Crippen LogP contribution is -2.30. The van der Waals surface area contributed by atoms with E-state index < -0.39 is 0 Å². The molecule has 0 bridgehead atoms. The van der Waals surface area contributed by atoms with Crippen LogP contribution >= 0.6 is 0 Å². The maximum atomic E-state index is 5.21. The van der Waals surface area contributed by atoms with Crippen molar-refractivity contribution in [2.24, 2.45) is 0 Å². The predicted octanol–water partition coefficient (Wildman–Crippen LogP) is 3.32. The zero-order chi connectivity index (χ0) is 18.2. The molecule has 0 spiro atoms. The Hall–Kier alpha value is -3.12. The summed E-state index contributed by atoms with van der Waals surface area (Å²) in [6.45, 7) is 2.74. The van der Waals surface area contributed by atoms with Crippen molar-refractivity contribution in [3.63, 3.8) is 0 Å². The third-order valence-corrected chi connectivity index (χ3v) is 5.23. The fourth-order valence-corrected chi connectivity index (χ4v) is 3.84. The van der Waals surface area contributed by atoms with Gasteiger partial charge in [-0.25, -0.2) is 4.68 Å². The Kier molecular flexibility index (Phi) is 3.90. The van der Waals surface area contributed by atoms with E-state index in [1.54, 1.807) is 7.11 Å². The number of hydrogen-bond donors (Lipinski definition) is 1. The van der Waals surface area contributed by atoms with Crippen LogP contribution in [0.4, 0.5) is 0 Å². The van der Waals surface area contributed by atoms with Gasteiger partial charge in [-0.2, -0.15) is 0 Å². The fourth-order valence-electron chi connectivity index (χ4n) is 3.84. The van der Waals surface area contributed by atoms with Crippen LogP contribution in [-0.4, -0.2) is 38.5 Å². The molecule has 0 saturated heterocycles. The van der Waals surface area contributed by atoms with Crippen molar-refractivity contribution in [1.82, 2.24) is 24.9 Å². The summed E-state index contributed by atoms with van der Waals surface area (Å²) in [7, 11) is 1.67. The topological polar surface area (TPSA) is 59.0 Å². The minimum Gasteiger partial charge on any atom is -0.497 e. The van der Waals surface area contributed by atoms with Crippen molar-refractivity contribution in [2.45, 2.75) is 19.5 Å². The quantitative estimate of drug-likeness (QED) is 0.607. The number of benzene rings is 2. The minimum absolute atomic E-state index is 0.797. The Morgan fingerprint density at radius 3 is 2.81 bits per heavy atom. The second-order valence-corrected chi connectivity index (χ2v) is 6.94. The molecule has 0 aliphatic carbocycles. The number of aromatic amines is 1. The van der Waals surface area contributed by atoms with Gasteiger partial charge >= 0.3 is 0 Å². The van der Waals surface area contributed by atoms with Crippen molar-refractivity contribution in [3.05, 3.63) is 71.7 Å². The first-order valence-electron chi connectivity index (χ1n) is 9.16. The van der Waals surface area contributed by atoms with E-state index >= 15 is 0 Å². The molecule has 3 heterocycles. The van der Waals surface area contributed by atoms with Crippen molar-refractivity contribution in [1.29, 1.82) is 0 Å². The number of H-pyrrole nitrogens is 1. The Labute approximate surface area is 157 Å². The van der Waals surface area contributed by atoms with Crippen molar-refractivity contribution < 1.29 is 4.74 Å². The lowest BCUT2D eigenvalue weighted by Gasteiger charge is -2.25. The maximum Gasteiger partial charge on any atom is 0.119 e. The van der Waals surface area contributed by atoms with Gasteiger partial charge in [0.15, 0.2) is 0 Å². The second-order valence-electron chi connectivity index (χ2n) is 6.94. The van der Waals surface area contributed by atoms with Crippen molar-refractivity contribution in [3.8, 4) is 11.4 Å². The molecule has 27 heavy (non-hydrogen) atoms. The number of ether oxygens (including phenoxy) is 1. The lowest BCUT2D eigenvalue weighted by molar-refractivity contribution is 0.240. The first kappa shape index (κ1) is 16.1. The molecular formula is C21H21N5O. The van der Waals surface area contributed by atoms with Crippen LogP contribution in [0, 0.1) is 0 Å². The molecule has 4 aromatic rings. The molecule has 5 rings (SSSR count). The number of nitrogens with zero attached hydrogens (tertiary/aromatic N) is 4. The lowest BCUT2D eigenvalue weighted by atomic mass is 10.0. The molecule has 2 aromatic carbocycles. The standard InChI is InChI=1S/C21H21N5O/c1-27-17-8-6-16(7-9-17)26-13-15(23-24-26)12-25-11-10-19-18-4-2-3-5-20(18)22-21(19)14-25/h2-9,13,22H,10-12,14H2,1H3. The van der Waals surface area contributed by atoms with Gasteiger partial charge < -0.3 is 9.72 Å². The third kappa shape index (κ3) is 2.98. The summed E-state index contributed by atoms with van der Waals surface area (Å²) >= 11 is 0. The zero-order valence-corrected chi connectivity index (χ0v) is 15.2. The Morgan fingerprint density at radius 2 is 1.96 bits per heavy atom. The predicted molar refractivity (Wildman–Crippen MR) is 104 cm³/mol. The molecule has 1 N–H and O–H groups in total. The summed E-state index contributed by atoms with van der Waals surface area (Å²) in [6.07, 6.45) is 3.06. The molecule has 0 atom stereocenters. The number of nitrogens with one attached hydrogen (secondary N) is 1. The van der Waals surface area contributed by atoms with E-state index in [4.69, 9.17) is 4.74 Å². The largest absolute Gasteiger partial charge is 0.497 e. The Morgan fingerprint density at radius 1 is 1.11 bits per heavy atom. The van der Waals surface area contributed by atoms with Crippen LogP contribution < -0.4 is 4.74 Å². The van der Waals surface area contributed by atoms with Crippen LogP contribution in [0.3, 0.4) is 0 Å². The SMILES string of the molecule is COc1ccc(-n2cc(CN3CCc4c([nH]c5ccccc45)C3)nn2)cc1. The van der Waals surface area contributed by atoms with Gasteiger partial charge in [-0.3, -0.25) is 4.90 Å². The van der Waals surface area contributed by atoms with Gasteiger partial charge in [0.05, 0.1) is 24.7 Å². The molecule has 0 amide bonds. The van der Waals surface area contributed by atoms with E-state index in [1.807, 2.05) is 35.1 Å². The number of hydrogen-bond acceptors (Lipinski definition) is 4.